The highest BCUT2D eigenvalue weighted by atomic mass is 16.3. The van der Waals surface area contributed by atoms with Crippen LogP contribution in [0.5, 0.6) is 0 Å². The summed E-state index contributed by atoms with van der Waals surface area (Å²) < 4.78 is 0. The lowest BCUT2D eigenvalue weighted by molar-refractivity contribution is -0.124. The minimum atomic E-state index is -0.0915. The van der Waals surface area contributed by atoms with Crippen molar-refractivity contribution in [1.29, 1.82) is 0 Å². The Hall–Kier alpha value is -0.610. The van der Waals surface area contributed by atoms with Gasteiger partial charge in [0.1, 0.15) is 0 Å². The summed E-state index contributed by atoms with van der Waals surface area (Å²) in [6.07, 6.45) is 3.95. The predicted octanol–water partition coefficient (Wildman–Crippen LogP) is 0.0156. The number of amides is 1. The second-order valence-corrected chi connectivity index (χ2v) is 3.80. The fourth-order valence-corrected chi connectivity index (χ4v) is 1.65. The van der Waals surface area contributed by atoms with Gasteiger partial charge in [-0.3, -0.25) is 4.79 Å². The van der Waals surface area contributed by atoms with Gasteiger partial charge in [0.25, 0.3) is 0 Å². The first-order valence-electron chi connectivity index (χ1n) is 5.42. The maximum absolute atomic E-state index is 11.6. The maximum Gasteiger partial charge on any atom is 0.237 e. The molecule has 0 aromatic heterocycles. The van der Waals surface area contributed by atoms with Gasteiger partial charge in [0, 0.05) is 0 Å². The van der Waals surface area contributed by atoms with Crippen LogP contribution in [0.25, 0.3) is 0 Å². The molecule has 82 valence electrons. The van der Waals surface area contributed by atoms with Gasteiger partial charge in [0.05, 0.1) is 18.7 Å². The van der Waals surface area contributed by atoms with Crippen LogP contribution in [0.4, 0.5) is 0 Å². The van der Waals surface area contributed by atoms with Crippen LogP contribution in [0, 0.1) is 0 Å². The number of nitrogens with one attached hydrogen (secondary N) is 2. The molecule has 0 aromatic rings. The van der Waals surface area contributed by atoms with E-state index in [-0.39, 0.29) is 24.6 Å². The molecule has 14 heavy (non-hydrogen) atoms. The summed E-state index contributed by atoms with van der Waals surface area (Å²) in [4.78, 5) is 11.6. The van der Waals surface area contributed by atoms with E-state index in [2.05, 4.69) is 10.6 Å². The van der Waals surface area contributed by atoms with E-state index in [4.69, 9.17) is 5.11 Å². The molecule has 1 rings (SSSR count). The van der Waals surface area contributed by atoms with Crippen LogP contribution in [0.1, 0.15) is 32.6 Å². The van der Waals surface area contributed by atoms with Crippen LogP contribution in [-0.4, -0.2) is 36.2 Å². The molecule has 4 heteroatoms. The molecule has 1 unspecified atom stereocenters. The average molecular weight is 200 g/mol. The van der Waals surface area contributed by atoms with E-state index in [1.807, 2.05) is 6.92 Å². The number of rotatable bonds is 4. The minimum absolute atomic E-state index is 0.0228. The van der Waals surface area contributed by atoms with Gasteiger partial charge < -0.3 is 15.7 Å². The second kappa shape index (κ2) is 5.98. The van der Waals surface area contributed by atoms with Crippen LogP contribution in [-0.2, 0) is 4.79 Å². The van der Waals surface area contributed by atoms with Crippen LogP contribution in [0.2, 0.25) is 0 Å². The highest BCUT2D eigenvalue weighted by Crippen LogP contribution is 2.07. The molecule has 0 aromatic carbocycles. The molecule has 3 N–H and O–H groups in total. The maximum atomic E-state index is 11.6. The molecule has 1 aliphatic rings. The van der Waals surface area contributed by atoms with Crippen molar-refractivity contribution in [3.8, 4) is 0 Å². The Morgan fingerprint density at radius 1 is 1.64 bits per heavy atom. The molecule has 0 saturated carbocycles. The number of aliphatic hydroxyl groups is 1. The van der Waals surface area contributed by atoms with E-state index in [1.54, 1.807) is 0 Å². The molecule has 1 heterocycles. The second-order valence-electron chi connectivity index (χ2n) is 3.80. The monoisotopic (exact) mass is 200 g/mol. The van der Waals surface area contributed by atoms with Crippen LogP contribution in [0.15, 0.2) is 0 Å². The number of piperidine rings is 1. The summed E-state index contributed by atoms with van der Waals surface area (Å²) in [6.45, 7) is 2.90. The average Bonchev–Trinajstić information content (AvgIpc) is 2.26. The Bertz CT molecular complexity index is 175. The molecule has 0 radical (unpaired) electrons. The normalized spacial score (nSPS) is 24.3. The number of aliphatic hydroxyl groups excluding tert-OH is 1. The Kier molecular flexibility index (Phi) is 4.90. The van der Waals surface area contributed by atoms with Crippen molar-refractivity contribution in [3.63, 3.8) is 0 Å². The summed E-state index contributed by atoms with van der Waals surface area (Å²) >= 11 is 0. The predicted molar refractivity (Wildman–Crippen MR) is 54.9 cm³/mol. The first kappa shape index (κ1) is 11.5. The van der Waals surface area contributed by atoms with Crippen molar-refractivity contribution in [2.24, 2.45) is 0 Å². The highest BCUT2D eigenvalue weighted by Gasteiger charge is 2.21. The van der Waals surface area contributed by atoms with E-state index < -0.39 is 0 Å². The van der Waals surface area contributed by atoms with Gasteiger partial charge in [-0.1, -0.05) is 13.3 Å². The Morgan fingerprint density at radius 2 is 2.43 bits per heavy atom. The lowest BCUT2D eigenvalue weighted by atomic mass is 10.0. The number of carbonyl (C=O) groups is 1. The highest BCUT2D eigenvalue weighted by molar-refractivity contribution is 5.82. The van der Waals surface area contributed by atoms with Crippen LogP contribution < -0.4 is 10.6 Å². The van der Waals surface area contributed by atoms with E-state index in [0.717, 1.165) is 32.2 Å². The topological polar surface area (TPSA) is 61.4 Å². The molecule has 4 nitrogen and oxygen atoms in total. The van der Waals surface area contributed by atoms with E-state index in [0.29, 0.717) is 0 Å². The molecular formula is C10H20N2O2. The minimum Gasteiger partial charge on any atom is -0.394 e. The quantitative estimate of drug-likeness (QED) is 0.599. The largest absolute Gasteiger partial charge is 0.394 e. The van der Waals surface area contributed by atoms with E-state index in [1.165, 1.54) is 0 Å². The molecule has 0 spiro atoms. The Morgan fingerprint density at radius 3 is 2.93 bits per heavy atom. The van der Waals surface area contributed by atoms with Crippen LogP contribution >= 0.6 is 0 Å². The van der Waals surface area contributed by atoms with Gasteiger partial charge in [0.15, 0.2) is 0 Å². The third-order valence-corrected chi connectivity index (χ3v) is 2.69. The summed E-state index contributed by atoms with van der Waals surface area (Å²) in [6, 6.07) is -0.143. The zero-order chi connectivity index (χ0) is 10.4. The SMILES string of the molecule is CCC(CO)NC(=O)[C@@H]1CCCCN1. The molecule has 1 amide bonds. The molecular weight excluding hydrogens is 180 g/mol. The third-order valence-electron chi connectivity index (χ3n) is 2.69. The molecule has 1 saturated heterocycles. The van der Waals surface area contributed by atoms with Gasteiger partial charge in [-0.05, 0) is 25.8 Å². The molecule has 1 aliphatic heterocycles. The van der Waals surface area contributed by atoms with Crippen molar-refractivity contribution >= 4 is 5.91 Å². The number of hydrogen-bond acceptors (Lipinski definition) is 3. The summed E-state index contributed by atoms with van der Waals surface area (Å²) in [7, 11) is 0. The zero-order valence-corrected chi connectivity index (χ0v) is 8.75. The number of hydrogen-bond donors (Lipinski definition) is 3. The van der Waals surface area contributed by atoms with Gasteiger partial charge in [0.2, 0.25) is 5.91 Å². The lowest BCUT2D eigenvalue weighted by Gasteiger charge is -2.24. The lowest BCUT2D eigenvalue weighted by Crippen LogP contribution is -2.50. The molecule has 0 bridgehead atoms. The first-order valence-corrected chi connectivity index (χ1v) is 5.42. The summed E-state index contributed by atoms with van der Waals surface area (Å²) in [5.41, 5.74) is 0. The fourth-order valence-electron chi connectivity index (χ4n) is 1.65. The fraction of sp³-hybridized carbons (Fsp3) is 0.900. The molecule has 0 aliphatic carbocycles. The molecule has 1 fully saturated rings. The van der Waals surface area contributed by atoms with Gasteiger partial charge in [-0.25, -0.2) is 0 Å². The standard InChI is InChI=1S/C10H20N2O2/c1-2-8(7-13)12-10(14)9-5-3-4-6-11-9/h8-9,11,13H,2-7H2,1H3,(H,12,14)/t8?,9-/m0/s1. The van der Waals surface area contributed by atoms with Crippen molar-refractivity contribution < 1.29 is 9.90 Å². The van der Waals surface area contributed by atoms with Gasteiger partial charge in [-0.2, -0.15) is 0 Å². The molecule has 2 atom stereocenters. The van der Waals surface area contributed by atoms with Gasteiger partial charge in [-0.15, -0.1) is 0 Å². The third kappa shape index (κ3) is 3.27. The van der Waals surface area contributed by atoms with Gasteiger partial charge >= 0.3 is 0 Å². The summed E-state index contributed by atoms with van der Waals surface area (Å²) in [5.74, 6) is 0.0330. The van der Waals surface area contributed by atoms with Crippen LogP contribution in [0.3, 0.4) is 0 Å². The van der Waals surface area contributed by atoms with E-state index >= 15 is 0 Å². The number of carbonyl (C=O) groups excluding carboxylic acids is 1. The van der Waals surface area contributed by atoms with Crippen molar-refractivity contribution in [3.05, 3.63) is 0 Å². The van der Waals surface area contributed by atoms with E-state index in [9.17, 15) is 4.79 Å². The first-order chi connectivity index (χ1) is 6.77. The van der Waals surface area contributed by atoms with Crippen molar-refractivity contribution in [2.75, 3.05) is 13.2 Å². The van der Waals surface area contributed by atoms with Crippen molar-refractivity contribution in [1.82, 2.24) is 10.6 Å². The zero-order valence-electron chi connectivity index (χ0n) is 8.75. The Balaban J connectivity index is 2.32. The Labute approximate surface area is 85.1 Å². The summed E-state index contributed by atoms with van der Waals surface area (Å²) in [5, 5.41) is 15.0. The van der Waals surface area contributed by atoms with Crippen molar-refractivity contribution in [2.45, 2.75) is 44.7 Å². The smallest absolute Gasteiger partial charge is 0.237 e.